The minimum absolute atomic E-state index is 0.102. The highest BCUT2D eigenvalue weighted by molar-refractivity contribution is 5.93. The fraction of sp³-hybridized carbons (Fsp3) is 0.389. The van der Waals surface area contributed by atoms with E-state index in [1.54, 1.807) is 4.90 Å². The lowest BCUT2D eigenvalue weighted by Gasteiger charge is -2.22. The van der Waals surface area contributed by atoms with Crippen LogP contribution in [0.3, 0.4) is 0 Å². The molecule has 2 amide bonds. The highest BCUT2D eigenvalue weighted by Crippen LogP contribution is 2.12. The van der Waals surface area contributed by atoms with E-state index in [0.29, 0.717) is 44.1 Å². The summed E-state index contributed by atoms with van der Waals surface area (Å²) in [5, 5.41) is 6.44. The maximum absolute atomic E-state index is 12.6. The topological polar surface area (TPSA) is 95.3 Å². The van der Waals surface area contributed by atoms with Gasteiger partial charge in [0.2, 0.25) is 5.91 Å². The van der Waals surface area contributed by atoms with Crippen molar-refractivity contribution < 1.29 is 9.59 Å². The third-order valence-electron chi connectivity index (χ3n) is 4.40. The summed E-state index contributed by atoms with van der Waals surface area (Å²) in [6.45, 7) is 4.36. The van der Waals surface area contributed by atoms with Crippen LogP contribution >= 0.6 is 0 Å². The molecule has 1 aromatic heterocycles. The number of aromatic amines is 1. The number of aryl methyl sites for hydroxylation is 1. The van der Waals surface area contributed by atoms with Gasteiger partial charge in [-0.05, 0) is 18.9 Å². The number of hydrogen-bond acceptors (Lipinski definition) is 4. The first-order valence-corrected chi connectivity index (χ1v) is 8.46. The van der Waals surface area contributed by atoms with Crippen LogP contribution < -0.4 is 5.73 Å². The molecule has 0 aliphatic carbocycles. The fourth-order valence-electron chi connectivity index (χ4n) is 3.10. The molecule has 1 aromatic carbocycles. The fourth-order valence-corrected chi connectivity index (χ4v) is 3.10. The Kier molecular flexibility index (Phi) is 5.02. The summed E-state index contributed by atoms with van der Waals surface area (Å²) in [7, 11) is 0. The summed E-state index contributed by atoms with van der Waals surface area (Å²) in [5.41, 5.74) is 8.12. The van der Waals surface area contributed by atoms with Gasteiger partial charge in [-0.3, -0.25) is 14.7 Å². The molecule has 0 atom stereocenters. The molecular weight excluding hydrogens is 318 g/mol. The zero-order chi connectivity index (χ0) is 17.8. The number of nitrogens with one attached hydrogen (secondary N) is 1. The van der Waals surface area contributed by atoms with Gasteiger partial charge in [0.1, 0.15) is 11.5 Å². The van der Waals surface area contributed by atoms with Crippen LogP contribution in [0.4, 0.5) is 5.82 Å². The molecule has 1 saturated heterocycles. The Morgan fingerprint density at radius 3 is 2.64 bits per heavy atom. The van der Waals surface area contributed by atoms with Crippen molar-refractivity contribution in [1.29, 1.82) is 0 Å². The monoisotopic (exact) mass is 341 g/mol. The number of rotatable bonds is 3. The molecule has 3 N–H and O–H groups in total. The van der Waals surface area contributed by atoms with E-state index in [0.717, 1.165) is 17.5 Å². The normalized spacial score (nSPS) is 15.1. The molecule has 1 aliphatic rings. The molecule has 3 rings (SSSR count). The predicted octanol–water partition coefficient (Wildman–Crippen LogP) is 1.22. The van der Waals surface area contributed by atoms with Crippen LogP contribution in [0, 0.1) is 6.92 Å². The molecule has 1 aliphatic heterocycles. The molecule has 7 heteroatoms. The summed E-state index contributed by atoms with van der Waals surface area (Å²) in [6.07, 6.45) is 1.15. The van der Waals surface area contributed by atoms with Crippen molar-refractivity contribution in [3.63, 3.8) is 0 Å². The Morgan fingerprint density at radius 2 is 1.92 bits per heavy atom. The Hall–Kier alpha value is -2.83. The van der Waals surface area contributed by atoms with Gasteiger partial charge < -0.3 is 15.5 Å². The van der Waals surface area contributed by atoms with E-state index in [9.17, 15) is 9.59 Å². The summed E-state index contributed by atoms with van der Waals surface area (Å²) in [5.74, 6) is 0.274. The van der Waals surface area contributed by atoms with Crippen molar-refractivity contribution >= 4 is 17.6 Å². The van der Waals surface area contributed by atoms with E-state index in [4.69, 9.17) is 5.73 Å². The van der Waals surface area contributed by atoms with Crippen LogP contribution in [0.5, 0.6) is 0 Å². The molecule has 0 bridgehead atoms. The standard InChI is InChI=1S/C18H23N5O2/c1-13-4-2-5-14(10-13)11-17(24)22-6-3-7-23(9-8-22)18(25)15-12-16(19)21-20-15/h2,4-5,10,12H,3,6-9,11H2,1H3,(H3,19,20,21). The zero-order valence-electron chi connectivity index (χ0n) is 14.4. The molecule has 25 heavy (non-hydrogen) atoms. The third-order valence-corrected chi connectivity index (χ3v) is 4.40. The van der Waals surface area contributed by atoms with Gasteiger partial charge in [-0.2, -0.15) is 5.10 Å². The van der Waals surface area contributed by atoms with Crippen molar-refractivity contribution in [2.24, 2.45) is 0 Å². The number of carbonyl (C=O) groups excluding carboxylic acids is 2. The second kappa shape index (κ2) is 7.38. The van der Waals surface area contributed by atoms with Gasteiger partial charge in [0.25, 0.3) is 5.91 Å². The largest absolute Gasteiger partial charge is 0.382 e. The van der Waals surface area contributed by atoms with Crippen LogP contribution in [0.1, 0.15) is 28.0 Å². The van der Waals surface area contributed by atoms with E-state index in [-0.39, 0.29) is 11.8 Å². The Bertz CT molecular complexity index is 770. The molecular formula is C18H23N5O2. The maximum Gasteiger partial charge on any atom is 0.272 e. The summed E-state index contributed by atoms with van der Waals surface area (Å²) in [4.78, 5) is 28.6. The number of carbonyl (C=O) groups is 2. The second-order valence-electron chi connectivity index (χ2n) is 6.40. The molecule has 0 unspecified atom stereocenters. The van der Waals surface area contributed by atoms with Crippen LogP contribution in [0.15, 0.2) is 30.3 Å². The molecule has 0 spiro atoms. The maximum atomic E-state index is 12.6. The lowest BCUT2D eigenvalue weighted by molar-refractivity contribution is -0.130. The van der Waals surface area contributed by atoms with Crippen LogP contribution in [0.25, 0.3) is 0 Å². The van der Waals surface area contributed by atoms with Gasteiger partial charge >= 0.3 is 0 Å². The number of nitrogens with zero attached hydrogens (tertiary/aromatic N) is 3. The summed E-state index contributed by atoms with van der Waals surface area (Å²) in [6, 6.07) is 9.53. The van der Waals surface area contributed by atoms with E-state index >= 15 is 0 Å². The van der Waals surface area contributed by atoms with E-state index < -0.39 is 0 Å². The van der Waals surface area contributed by atoms with Gasteiger partial charge in [-0.25, -0.2) is 0 Å². The number of nitrogens with two attached hydrogens (primary N) is 1. The van der Waals surface area contributed by atoms with Crippen molar-refractivity contribution in [2.45, 2.75) is 19.8 Å². The second-order valence-corrected chi connectivity index (χ2v) is 6.40. The van der Waals surface area contributed by atoms with Crippen LogP contribution in [-0.4, -0.2) is 58.0 Å². The minimum atomic E-state index is -0.128. The predicted molar refractivity (Wildman–Crippen MR) is 95.0 cm³/mol. The molecule has 0 radical (unpaired) electrons. The number of anilines is 1. The highest BCUT2D eigenvalue weighted by Gasteiger charge is 2.23. The smallest absolute Gasteiger partial charge is 0.272 e. The van der Waals surface area contributed by atoms with E-state index in [1.165, 1.54) is 6.07 Å². The highest BCUT2D eigenvalue weighted by atomic mass is 16.2. The molecule has 7 nitrogen and oxygen atoms in total. The third kappa shape index (κ3) is 4.17. The molecule has 132 valence electrons. The number of amides is 2. The van der Waals surface area contributed by atoms with Gasteiger partial charge in [-0.1, -0.05) is 29.8 Å². The average Bonchev–Trinajstić information content (AvgIpc) is 2.87. The molecule has 0 saturated carbocycles. The first-order chi connectivity index (χ1) is 12.0. The Morgan fingerprint density at radius 1 is 1.16 bits per heavy atom. The first kappa shape index (κ1) is 17.0. The number of hydrogen-bond donors (Lipinski definition) is 2. The summed E-state index contributed by atoms with van der Waals surface area (Å²) < 4.78 is 0. The number of aromatic nitrogens is 2. The van der Waals surface area contributed by atoms with Crippen molar-refractivity contribution in [3.8, 4) is 0 Å². The van der Waals surface area contributed by atoms with Gasteiger partial charge in [0.15, 0.2) is 0 Å². The Labute approximate surface area is 146 Å². The van der Waals surface area contributed by atoms with Crippen molar-refractivity contribution in [1.82, 2.24) is 20.0 Å². The van der Waals surface area contributed by atoms with Gasteiger partial charge in [0.05, 0.1) is 6.42 Å². The van der Waals surface area contributed by atoms with Crippen LogP contribution in [0.2, 0.25) is 0 Å². The summed E-state index contributed by atoms with van der Waals surface area (Å²) >= 11 is 0. The lowest BCUT2D eigenvalue weighted by Crippen LogP contribution is -2.38. The SMILES string of the molecule is Cc1cccc(CC(=O)N2CCCN(C(=O)c3cc(N)n[nH]3)CC2)c1. The molecule has 2 aromatic rings. The number of H-pyrrole nitrogens is 1. The lowest BCUT2D eigenvalue weighted by atomic mass is 10.1. The average molecular weight is 341 g/mol. The molecule has 2 heterocycles. The van der Waals surface area contributed by atoms with Crippen molar-refractivity contribution in [3.05, 3.63) is 47.2 Å². The quantitative estimate of drug-likeness (QED) is 0.877. The minimum Gasteiger partial charge on any atom is -0.382 e. The first-order valence-electron chi connectivity index (χ1n) is 8.46. The van der Waals surface area contributed by atoms with Gasteiger partial charge in [-0.15, -0.1) is 0 Å². The molecule has 1 fully saturated rings. The van der Waals surface area contributed by atoms with Gasteiger partial charge in [0, 0.05) is 32.2 Å². The Balaban J connectivity index is 1.59. The zero-order valence-corrected chi connectivity index (χ0v) is 14.4. The number of benzene rings is 1. The van der Waals surface area contributed by atoms with Crippen LogP contribution in [-0.2, 0) is 11.2 Å². The van der Waals surface area contributed by atoms with Crippen molar-refractivity contribution in [2.75, 3.05) is 31.9 Å². The van der Waals surface area contributed by atoms with E-state index in [1.807, 2.05) is 36.1 Å². The van der Waals surface area contributed by atoms with E-state index in [2.05, 4.69) is 10.2 Å². The number of nitrogen functional groups attached to an aromatic ring is 1.